The predicted molar refractivity (Wildman–Crippen MR) is 55.6 cm³/mol. The first-order valence-electron chi connectivity index (χ1n) is 5.29. The van der Waals surface area contributed by atoms with E-state index in [0.29, 0.717) is 19.1 Å². The van der Waals surface area contributed by atoms with Crippen molar-refractivity contribution in [2.24, 2.45) is 18.9 Å². The van der Waals surface area contributed by atoms with Gasteiger partial charge in [0.1, 0.15) is 0 Å². The van der Waals surface area contributed by atoms with Crippen molar-refractivity contribution in [3.05, 3.63) is 18.0 Å². The number of carbonyl (C=O) groups excluding carboxylic acids is 1. The van der Waals surface area contributed by atoms with Crippen molar-refractivity contribution in [3.63, 3.8) is 0 Å². The Morgan fingerprint density at radius 1 is 1.67 bits per heavy atom. The Labute approximate surface area is 89.2 Å². The van der Waals surface area contributed by atoms with Crippen LogP contribution >= 0.6 is 0 Å². The van der Waals surface area contributed by atoms with E-state index in [9.17, 15) is 4.79 Å². The molecule has 82 valence electrons. The van der Waals surface area contributed by atoms with Gasteiger partial charge in [-0.05, 0) is 12.3 Å². The van der Waals surface area contributed by atoms with Crippen molar-refractivity contribution in [1.29, 1.82) is 0 Å². The zero-order valence-electron chi connectivity index (χ0n) is 9.14. The number of rotatable bonds is 2. The van der Waals surface area contributed by atoms with Gasteiger partial charge < -0.3 is 4.74 Å². The second kappa shape index (κ2) is 4.14. The lowest BCUT2D eigenvalue weighted by Crippen LogP contribution is -2.31. The highest BCUT2D eigenvalue weighted by Gasteiger charge is 2.29. The van der Waals surface area contributed by atoms with Gasteiger partial charge in [-0.15, -0.1) is 0 Å². The molecular weight excluding hydrogens is 192 g/mol. The lowest BCUT2D eigenvalue weighted by atomic mass is 9.84. The number of hydrogen-bond acceptors (Lipinski definition) is 3. The molecule has 1 saturated heterocycles. The zero-order chi connectivity index (χ0) is 10.8. The number of hydrogen-bond donors (Lipinski definition) is 0. The molecule has 0 saturated carbocycles. The Bertz CT molecular complexity index is 359. The molecule has 2 rings (SSSR count). The maximum absolute atomic E-state index is 12.1. The molecule has 0 N–H and O–H groups in total. The van der Waals surface area contributed by atoms with Crippen molar-refractivity contribution < 1.29 is 9.53 Å². The highest BCUT2D eigenvalue weighted by molar-refractivity contribution is 5.97. The Balaban J connectivity index is 2.13. The van der Waals surface area contributed by atoms with Crippen LogP contribution in [0.25, 0.3) is 0 Å². The Morgan fingerprint density at radius 3 is 3.07 bits per heavy atom. The number of ketones is 1. The maximum atomic E-state index is 12.1. The van der Waals surface area contributed by atoms with E-state index >= 15 is 0 Å². The summed E-state index contributed by atoms with van der Waals surface area (Å²) >= 11 is 0. The maximum Gasteiger partial charge on any atom is 0.169 e. The van der Waals surface area contributed by atoms with Crippen molar-refractivity contribution in [2.75, 3.05) is 13.2 Å². The number of nitrogens with zero attached hydrogens (tertiary/aromatic N) is 2. The van der Waals surface area contributed by atoms with Crippen LogP contribution in [0, 0.1) is 11.8 Å². The number of Topliss-reactive ketones (excluding diaryl/α,β-unsaturated/α-hetero) is 1. The topological polar surface area (TPSA) is 44.1 Å². The lowest BCUT2D eigenvalue weighted by molar-refractivity contribution is 0.0241. The van der Waals surface area contributed by atoms with E-state index in [-0.39, 0.29) is 11.7 Å². The summed E-state index contributed by atoms with van der Waals surface area (Å²) in [7, 11) is 1.82. The standard InChI is InChI=1S/C11H16N2O2/c1-8-7-15-4-3-10(8)11(14)9-5-12-13(2)6-9/h5-6,8,10H,3-4,7H2,1-2H3. The van der Waals surface area contributed by atoms with Crippen LogP contribution in [-0.4, -0.2) is 28.8 Å². The van der Waals surface area contributed by atoms with E-state index in [4.69, 9.17) is 4.74 Å². The van der Waals surface area contributed by atoms with Crippen LogP contribution in [0.5, 0.6) is 0 Å². The van der Waals surface area contributed by atoms with Gasteiger partial charge in [-0.25, -0.2) is 0 Å². The molecule has 0 bridgehead atoms. The van der Waals surface area contributed by atoms with Gasteiger partial charge in [0.15, 0.2) is 5.78 Å². The van der Waals surface area contributed by atoms with E-state index in [1.165, 1.54) is 0 Å². The molecule has 1 aliphatic rings. The molecule has 1 fully saturated rings. The average molecular weight is 208 g/mol. The first kappa shape index (κ1) is 10.4. The molecule has 0 spiro atoms. The van der Waals surface area contributed by atoms with Crippen molar-refractivity contribution >= 4 is 5.78 Å². The van der Waals surface area contributed by atoms with Gasteiger partial charge in [0.05, 0.1) is 11.8 Å². The minimum absolute atomic E-state index is 0.1000. The van der Waals surface area contributed by atoms with Crippen molar-refractivity contribution in [2.45, 2.75) is 13.3 Å². The van der Waals surface area contributed by atoms with Crippen LogP contribution in [0.2, 0.25) is 0 Å². The van der Waals surface area contributed by atoms with Gasteiger partial charge in [0.25, 0.3) is 0 Å². The molecule has 1 aromatic heterocycles. The van der Waals surface area contributed by atoms with Crippen molar-refractivity contribution in [1.82, 2.24) is 9.78 Å². The van der Waals surface area contributed by atoms with Crippen LogP contribution < -0.4 is 0 Å². The smallest absolute Gasteiger partial charge is 0.169 e. The highest BCUT2D eigenvalue weighted by atomic mass is 16.5. The van der Waals surface area contributed by atoms with Gasteiger partial charge in [-0.1, -0.05) is 6.92 Å². The van der Waals surface area contributed by atoms with E-state index < -0.39 is 0 Å². The normalized spacial score (nSPS) is 26.5. The molecule has 2 heterocycles. The predicted octanol–water partition coefficient (Wildman–Crippen LogP) is 1.28. The third-order valence-electron chi connectivity index (χ3n) is 2.97. The fraction of sp³-hybridized carbons (Fsp3) is 0.636. The summed E-state index contributed by atoms with van der Waals surface area (Å²) in [4.78, 5) is 12.1. The molecular formula is C11H16N2O2. The Morgan fingerprint density at radius 2 is 2.47 bits per heavy atom. The van der Waals surface area contributed by atoms with Gasteiger partial charge >= 0.3 is 0 Å². The number of ether oxygens (including phenoxy) is 1. The van der Waals surface area contributed by atoms with Crippen LogP contribution in [0.15, 0.2) is 12.4 Å². The summed E-state index contributed by atoms with van der Waals surface area (Å²) in [5.41, 5.74) is 0.719. The SMILES string of the molecule is CC1COCCC1C(=O)c1cnn(C)c1. The molecule has 0 aliphatic carbocycles. The van der Waals surface area contributed by atoms with Crippen LogP contribution in [0.3, 0.4) is 0 Å². The second-order valence-electron chi connectivity index (χ2n) is 4.21. The summed E-state index contributed by atoms with van der Waals surface area (Å²) in [5, 5.41) is 4.02. The first-order valence-corrected chi connectivity index (χ1v) is 5.29. The third kappa shape index (κ3) is 2.09. The Hall–Kier alpha value is -1.16. The van der Waals surface area contributed by atoms with E-state index in [0.717, 1.165) is 12.0 Å². The van der Waals surface area contributed by atoms with Gasteiger partial charge in [0, 0.05) is 32.4 Å². The summed E-state index contributed by atoms with van der Waals surface area (Å²) in [6, 6.07) is 0. The second-order valence-corrected chi connectivity index (χ2v) is 4.21. The summed E-state index contributed by atoms with van der Waals surface area (Å²) in [5.74, 6) is 0.619. The number of aromatic nitrogens is 2. The summed E-state index contributed by atoms with van der Waals surface area (Å²) < 4.78 is 6.99. The fourth-order valence-corrected chi connectivity index (χ4v) is 2.03. The average Bonchev–Trinajstić information content (AvgIpc) is 2.65. The lowest BCUT2D eigenvalue weighted by Gasteiger charge is -2.27. The van der Waals surface area contributed by atoms with Crippen LogP contribution in [-0.2, 0) is 11.8 Å². The van der Waals surface area contributed by atoms with Gasteiger partial charge in [-0.3, -0.25) is 9.48 Å². The number of aryl methyl sites for hydroxylation is 1. The Kier molecular flexibility index (Phi) is 2.86. The molecule has 0 aromatic carbocycles. The fourth-order valence-electron chi connectivity index (χ4n) is 2.03. The molecule has 2 atom stereocenters. The van der Waals surface area contributed by atoms with Crippen molar-refractivity contribution in [3.8, 4) is 0 Å². The molecule has 0 amide bonds. The van der Waals surface area contributed by atoms with Crippen LogP contribution in [0.4, 0.5) is 0 Å². The molecule has 4 heteroatoms. The highest BCUT2D eigenvalue weighted by Crippen LogP contribution is 2.24. The van der Waals surface area contributed by atoms with E-state index in [1.807, 2.05) is 7.05 Å². The minimum atomic E-state index is 0.1000. The third-order valence-corrected chi connectivity index (χ3v) is 2.97. The molecule has 4 nitrogen and oxygen atoms in total. The zero-order valence-corrected chi connectivity index (χ0v) is 9.14. The minimum Gasteiger partial charge on any atom is -0.381 e. The summed E-state index contributed by atoms with van der Waals surface area (Å²) in [6.07, 6.45) is 4.25. The molecule has 15 heavy (non-hydrogen) atoms. The van der Waals surface area contributed by atoms with E-state index in [1.54, 1.807) is 17.1 Å². The molecule has 1 aliphatic heterocycles. The van der Waals surface area contributed by atoms with Gasteiger partial charge in [0.2, 0.25) is 0 Å². The molecule has 1 aromatic rings. The largest absolute Gasteiger partial charge is 0.381 e. The summed E-state index contributed by atoms with van der Waals surface area (Å²) in [6.45, 7) is 3.45. The number of carbonyl (C=O) groups is 1. The first-order chi connectivity index (χ1) is 7.18. The van der Waals surface area contributed by atoms with Crippen LogP contribution in [0.1, 0.15) is 23.7 Å². The molecule has 0 radical (unpaired) electrons. The molecule has 2 unspecified atom stereocenters. The quantitative estimate of drug-likeness (QED) is 0.687. The van der Waals surface area contributed by atoms with E-state index in [2.05, 4.69) is 12.0 Å². The van der Waals surface area contributed by atoms with Gasteiger partial charge in [-0.2, -0.15) is 5.10 Å². The monoisotopic (exact) mass is 208 g/mol.